The van der Waals surface area contributed by atoms with Gasteiger partial charge in [0.15, 0.2) is 17.0 Å². The van der Waals surface area contributed by atoms with Gasteiger partial charge < -0.3 is 14.2 Å². The Morgan fingerprint density at radius 2 is 1.87 bits per heavy atom. The normalized spacial score (nSPS) is 40.9. The number of esters is 2. The van der Waals surface area contributed by atoms with E-state index < -0.39 is 46.2 Å². The number of fused-ring (bicyclic) bond motifs is 1. The standard InChI is InChI=1S/C22H32O8/c1-12-21(6,28-12)18(25)27-17-8-9-20(5)11-15(24)14(19(3,4)30-26)10-16(20)22(17,7)29-13(2)23/h10,12,16-17,26H,8-9,11H2,1-7H3. The van der Waals surface area contributed by atoms with E-state index in [4.69, 9.17) is 14.2 Å². The third-order valence-corrected chi connectivity index (χ3v) is 7.22. The van der Waals surface area contributed by atoms with Gasteiger partial charge in [-0.25, -0.2) is 9.68 Å². The first-order chi connectivity index (χ1) is 13.7. The zero-order chi connectivity index (χ0) is 22.7. The van der Waals surface area contributed by atoms with Crippen LogP contribution in [0.1, 0.15) is 67.7 Å². The third-order valence-electron chi connectivity index (χ3n) is 7.22. The van der Waals surface area contributed by atoms with E-state index in [2.05, 4.69) is 4.89 Å². The fourth-order valence-corrected chi connectivity index (χ4v) is 5.08. The lowest BCUT2D eigenvalue weighted by Gasteiger charge is -2.55. The van der Waals surface area contributed by atoms with Crippen LogP contribution in [0.25, 0.3) is 0 Å². The summed E-state index contributed by atoms with van der Waals surface area (Å²) in [6.07, 6.45) is 2.05. The molecule has 0 spiro atoms. The van der Waals surface area contributed by atoms with Crippen molar-refractivity contribution in [3.63, 3.8) is 0 Å². The van der Waals surface area contributed by atoms with Crippen LogP contribution in [-0.2, 0) is 33.5 Å². The van der Waals surface area contributed by atoms with Gasteiger partial charge in [0.1, 0.15) is 11.7 Å². The number of ketones is 1. The first kappa shape index (κ1) is 22.9. The highest BCUT2D eigenvalue weighted by Crippen LogP contribution is 2.55. The number of Topliss-reactive ketones (excluding diaryl/α,β-unsaturated/α-hetero) is 1. The van der Waals surface area contributed by atoms with Crippen molar-refractivity contribution < 1.29 is 38.7 Å². The molecule has 1 saturated carbocycles. The molecule has 6 atom stereocenters. The monoisotopic (exact) mass is 424 g/mol. The maximum absolute atomic E-state index is 12.9. The molecule has 0 bridgehead atoms. The van der Waals surface area contributed by atoms with Gasteiger partial charge in [-0.15, -0.1) is 0 Å². The van der Waals surface area contributed by atoms with Crippen molar-refractivity contribution in [1.82, 2.24) is 0 Å². The lowest BCUT2D eigenvalue weighted by atomic mass is 9.54. The minimum Gasteiger partial charge on any atom is -0.456 e. The Bertz CT molecular complexity index is 801. The first-order valence-electron chi connectivity index (χ1n) is 10.4. The molecule has 3 rings (SSSR count). The molecule has 1 aliphatic heterocycles. The Morgan fingerprint density at radius 3 is 2.37 bits per heavy atom. The maximum atomic E-state index is 12.9. The van der Waals surface area contributed by atoms with Crippen LogP contribution in [0.3, 0.4) is 0 Å². The van der Waals surface area contributed by atoms with Crippen molar-refractivity contribution in [3.05, 3.63) is 11.6 Å². The summed E-state index contributed by atoms with van der Waals surface area (Å²) in [5.41, 5.74) is -3.59. The number of hydrogen-bond donors (Lipinski definition) is 1. The van der Waals surface area contributed by atoms with E-state index in [0.29, 0.717) is 18.4 Å². The van der Waals surface area contributed by atoms with Crippen LogP contribution in [0.5, 0.6) is 0 Å². The Kier molecular flexibility index (Phi) is 5.45. The lowest BCUT2D eigenvalue weighted by molar-refractivity contribution is -0.300. The number of ether oxygens (including phenoxy) is 3. The molecule has 0 aromatic heterocycles. The molecule has 1 saturated heterocycles. The summed E-state index contributed by atoms with van der Waals surface area (Å²) in [6, 6.07) is 0. The summed E-state index contributed by atoms with van der Waals surface area (Å²) in [5, 5.41) is 9.33. The van der Waals surface area contributed by atoms with Crippen LogP contribution in [0.2, 0.25) is 0 Å². The molecule has 0 aromatic rings. The number of carbonyl (C=O) groups excluding carboxylic acids is 3. The number of carbonyl (C=O) groups is 3. The van der Waals surface area contributed by atoms with Gasteiger partial charge in [0, 0.05) is 24.8 Å². The summed E-state index contributed by atoms with van der Waals surface area (Å²) in [7, 11) is 0. The molecule has 168 valence electrons. The zero-order valence-corrected chi connectivity index (χ0v) is 18.7. The largest absolute Gasteiger partial charge is 0.456 e. The van der Waals surface area contributed by atoms with Crippen LogP contribution in [-0.4, -0.2) is 52.0 Å². The van der Waals surface area contributed by atoms with Gasteiger partial charge in [0.25, 0.3) is 0 Å². The van der Waals surface area contributed by atoms with Crippen molar-refractivity contribution >= 4 is 17.7 Å². The van der Waals surface area contributed by atoms with Crippen LogP contribution < -0.4 is 0 Å². The van der Waals surface area contributed by atoms with Crippen molar-refractivity contribution in [3.8, 4) is 0 Å². The van der Waals surface area contributed by atoms with Gasteiger partial charge in [-0.05, 0) is 52.9 Å². The molecule has 8 nitrogen and oxygen atoms in total. The molecule has 1 N–H and O–H groups in total. The molecular formula is C22H32O8. The second kappa shape index (κ2) is 7.14. The van der Waals surface area contributed by atoms with E-state index in [1.807, 2.05) is 6.92 Å². The number of rotatable bonds is 5. The quantitative estimate of drug-likeness (QED) is 0.310. The summed E-state index contributed by atoms with van der Waals surface area (Å²) in [5.74, 6) is -1.54. The van der Waals surface area contributed by atoms with Crippen molar-refractivity contribution in [2.45, 2.75) is 96.7 Å². The Morgan fingerprint density at radius 1 is 1.27 bits per heavy atom. The molecule has 8 heteroatoms. The smallest absolute Gasteiger partial charge is 0.341 e. The van der Waals surface area contributed by atoms with Gasteiger partial charge in [-0.2, -0.15) is 0 Å². The summed E-state index contributed by atoms with van der Waals surface area (Å²) < 4.78 is 17.0. The molecule has 0 amide bonds. The van der Waals surface area contributed by atoms with Crippen LogP contribution in [0.4, 0.5) is 0 Å². The fourth-order valence-electron chi connectivity index (χ4n) is 5.08. The molecule has 1 heterocycles. The van der Waals surface area contributed by atoms with Crippen molar-refractivity contribution in [2.75, 3.05) is 0 Å². The molecular weight excluding hydrogens is 392 g/mol. The van der Waals surface area contributed by atoms with Crippen LogP contribution in [0, 0.1) is 11.3 Å². The average molecular weight is 424 g/mol. The molecule has 30 heavy (non-hydrogen) atoms. The molecule has 2 aliphatic carbocycles. The Balaban J connectivity index is 2.02. The average Bonchev–Trinajstić information content (AvgIpc) is 3.24. The van der Waals surface area contributed by atoms with Gasteiger partial charge in [0.2, 0.25) is 0 Å². The Labute approximate surface area is 176 Å². The maximum Gasteiger partial charge on any atom is 0.341 e. The molecule has 2 fully saturated rings. The second-order valence-electron chi connectivity index (χ2n) is 9.99. The van der Waals surface area contributed by atoms with Gasteiger partial charge in [-0.3, -0.25) is 14.8 Å². The second-order valence-corrected chi connectivity index (χ2v) is 9.99. The lowest BCUT2D eigenvalue weighted by Crippen LogP contribution is -2.61. The van der Waals surface area contributed by atoms with Crippen molar-refractivity contribution in [1.29, 1.82) is 0 Å². The van der Waals surface area contributed by atoms with E-state index in [1.165, 1.54) is 6.92 Å². The first-order valence-corrected chi connectivity index (χ1v) is 10.4. The van der Waals surface area contributed by atoms with Gasteiger partial charge in [0.05, 0.1) is 6.10 Å². The SMILES string of the molecule is CC(=O)OC1(C)C(OC(=O)C2(C)OC2C)CCC2(C)CC(=O)C(C(C)(C)OO)=CC21. The zero-order valence-electron chi connectivity index (χ0n) is 18.7. The molecule has 6 unspecified atom stereocenters. The molecule has 0 aromatic carbocycles. The topological polar surface area (TPSA) is 112 Å². The predicted molar refractivity (Wildman–Crippen MR) is 105 cm³/mol. The molecule has 0 radical (unpaired) electrons. The van der Waals surface area contributed by atoms with Crippen molar-refractivity contribution in [2.24, 2.45) is 11.3 Å². The minimum absolute atomic E-state index is 0.124. The third kappa shape index (κ3) is 3.59. The van der Waals surface area contributed by atoms with Crippen LogP contribution in [0.15, 0.2) is 11.6 Å². The summed E-state index contributed by atoms with van der Waals surface area (Å²) in [4.78, 5) is 42.2. The van der Waals surface area contributed by atoms with E-state index in [1.54, 1.807) is 40.7 Å². The summed E-state index contributed by atoms with van der Waals surface area (Å²) in [6.45, 7) is 11.7. The summed E-state index contributed by atoms with van der Waals surface area (Å²) >= 11 is 0. The van der Waals surface area contributed by atoms with E-state index in [9.17, 15) is 19.6 Å². The predicted octanol–water partition coefficient (Wildman–Crippen LogP) is 2.98. The highest BCUT2D eigenvalue weighted by molar-refractivity contribution is 5.98. The van der Waals surface area contributed by atoms with Gasteiger partial charge in [-0.1, -0.05) is 13.0 Å². The molecule has 3 aliphatic rings. The fraction of sp³-hybridized carbons (Fsp3) is 0.773. The van der Waals surface area contributed by atoms with Crippen LogP contribution >= 0.6 is 0 Å². The Hall–Kier alpha value is -1.77. The van der Waals surface area contributed by atoms with E-state index in [-0.39, 0.29) is 18.3 Å². The number of epoxide rings is 1. The number of hydrogen-bond acceptors (Lipinski definition) is 8. The van der Waals surface area contributed by atoms with E-state index >= 15 is 0 Å². The van der Waals surface area contributed by atoms with E-state index in [0.717, 1.165) is 0 Å². The minimum atomic E-state index is -1.22. The highest BCUT2D eigenvalue weighted by Gasteiger charge is 2.62. The highest BCUT2D eigenvalue weighted by atomic mass is 17.1. The van der Waals surface area contributed by atoms with Gasteiger partial charge >= 0.3 is 11.9 Å².